The summed E-state index contributed by atoms with van der Waals surface area (Å²) in [5.74, 6) is -0.0348. The minimum atomic E-state index is -0.882. The molecule has 1 aromatic heterocycles. The van der Waals surface area contributed by atoms with Gasteiger partial charge in [-0.3, -0.25) is 0 Å². The second-order valence-electron chi connectivity index (χ2n) is 8.50. The molecule has 2 heterocycles. The van der Waals surface area contributed by atoms with E-state index in [0.717, 1.165) is 23.4 Å². The SMILES string of the molecule is OCC(O)Cn1ccnc1CCC[C@]1(c2ccc(Cl)cc2)OC[C@H](COCc2ccccc2)O1. The van der Waals surface area contributed by atoms with Gasteiger partial charge in [0.2, 0.25) is 0 Å². The Morgan fingerprint density at radius 2 is 1.97 bits per heavy atom. The lowest BCUT2D eigenvalue weighted by Crippen LogP contribution is -2.29. The number of benzene rings is 2. The van der Waals surface area contributed by atoms with Gasteiger partial charge in [0.15, 0.2) is 5.79 Å². The molecular formula is C26H31ClN2O5. The van der Waals surface area contributed by atoms with Crippen LogP contribution in [0.2, 0.25) is 5.02 Å². The van der Waals surface area contributed by atoms with Gasteiger partial charge in [0.1, 0.15) is 11.9 Å². The van der Waals surface area contributed by atoms with Crippen LogP contribution in [0, 0.1) is 0 Å². The summed E-state index contributed by atoms with van der Waals surface area (Å²) in [7, 11) is 0. The average molecular weight is 487 g/mol. The van der Waals surface area contributed by atoms with Gasteiger partial charge in [-0.1, -0.05) is 54.1 Å². The molecule has 2 N–H and O–H groups in total. The normalized spacial score (nSPS) is 21.1. The Morgan fingerprint density at radius 3 is 2.74 bits per heavy atom. The van der Waals surface area contributed by atoms with Crippen molar-refractivity contribution in [3.8, 4) is 0 Å². The van der Waals surface area contributed by atoms with Crippen molar-refractivity contribution < 1.29 is 24.4 Å². The van der Waals surface area contributed by atoms with Crippen LogP contribution >= 0.6 is 11.6 Å². The molecule has 7 nitrogen and oxygen atoms in total. The van der Waals surface area contributed by atoms with Gasteiger partial charge in [-0.25, -0.2) is 4.98 Å². The summed E-state index contributed by atoms with van der Waals surface area (Å²) in [5, 5.41) is 19.6. The molecule has 2 aromatic carbocycles. The molecule has 0 bridgehead atoms. The highest BCUT2D eigenvalue weighted by Gasteiger charge is 2.42. The fraction of sp³-hybridized carbons (Fsp3) is 0.423. The zero-order valence-electron chi connectivity index (χ0n) is 19.1. The molecule has 34 heavy (non-hydrogen) atoms. The molecule has 1 fully saturated rings. The smallest absolute Gasteiger partial charge is 0.195 e. The lowest BCUT2D eigenvalue weighted by Gasteiger charge is -2.29. The van der Waals surface area contributed by atoms with Crippen molar-refractivity contribution in [3.05, 3.63) is 89.0 Å². The van der Waals surface area contributed by atoms with E-state index in [1.165, 1.54) is 0 Å². The van der Waals surface area contributed by atoms with E-state index in [9.17, 15) is 5.11 Å². The van der Waals surface area contributed by atoms with E-state index in [1.54, 1.807) is 6.20 Å². The minimum Gasteiger partial charge on any atom is -0.394 e. The first-order valence-corrected chi connectivity index (χ1v) is 11.9. The van der Waals surface area contributed by atoms with Gasteiger partial charge in [0, 0.05) is 35.8 Å². The fourth-order valence-corrected chi connectivity index (χ4v) is 4.28. The van der Waals surface area contributed by atoms with Crippen molar-refractivity contribution in [2.24, 2.45) is 0 Å². The van der Waals surface area contributed by atoms with Crippen molar-refractivity contribution in [2.75, 3.05) is 19.8 Å². The second-order valence-corrected chi connectivity index (χ2v) is 8.93. The number of aromatic nitrogens is 2. The number of aliphatic hydroxyl groups is 2. The maximum absolute atomic E-state index is 9.78. The molecule has 0 saturated carbocycles. The second kappa shape index (κ2) is 11.9. The molecule has 0 radical (unpaired) electrons. The molecule has 4 rings (SSSR count). The number of hydrogen-bond acceptors (Lipinski definition) is 6. The Hall–Kier alpha value is -2.26. The van der Waals surface area contributed by atoms with Gasteiger partial charge in [0.25, 0.3) is 0 Å². The van der Waals surface area contributed by atoms with Crippen LogP contribution in [0.1, 0.15) is 29.8 Å². The Bertz CT molecular complexity index is 1010. The number of hydrogen-bond donors (Lipinski definition) is 2. The maximum atomic E-state index is 9.78. The van der Waals surface area contributed by atoms with Crippen molar-refractivity contribution >= 4 is 11.6 Å². The lowest BCUT2D eigenvalue weighted by molar-refractivity contribution is -0.187. The highest BCUT2D eigenvalue weighted by molar-refractivity contribution is 6.30. The molecule has 0 spiro atoms. The summed E-state index contributed by atoms with van der Waals surface area (Å²) in [6.45, 7) is 1.42. The van der Waals surface area contributed by atoms with E-state index in [0.29, 0.717) is 44.2 Å². The molecule has 3 atom stereocenters. The molecule has 1 aliphatic heterocycles. The van der Waals surface area contributed by atoms with Gasteiger partial charge in [-0.15, -0.1) is 0 Å². The maximum Gasteiger partial charge on any atom is 0.195 e. The monoisotopic (exact) mass is 486 g/mol. The fourth-order valence-electron chi connectivity index (χ4n) is 4.16. The summed E-state index contributed by atoms with van der Waals surface area (Å²) < 4.78 is 20.5. The summed E-state index contributed by atoms with van der Waals surface area (Å²) in [6.07, 6.45) is 4.59. The zero-order chi connectivity index (χ0) is 23.8. The summed E-state index contributed by atoms with van der Waals surface area (Å²) >= 11 is 6.11. The third-order valence-corrected chi connectivity index (χ3v) is 6.14. The predicted molar refractivity (Wildman–Crippen MR) is 128 cm³/mol. The van der Waals surface area contributed by atoms with Crippen LogP contribution < -0.4 is 0 Å². The zero-order valence-corrected chi connectivity index (χ0v) is 19.8. The first kappa shape index (κ1) is 24.9. The van der Waals surface area contributed by atoms with Gasteiger partial charge >= 0.3 is 0 Å². The number of imidazole rings is 1. The van der Waals surface area contributed by atoms with E-state index >= 15 is 0 Å². The highest BCUT2D eigenvalue weighted by Crippen LogP contribution is 2.39. The Morgan fingerprint density at radius 1 is 1.18 bits per heavy atom. The van der Waals surface area contributed by atoms with Gasteiger partial charge < -0.3 is 29.0 Å². The topological polar surface area (TPSA) is 86.0 Å². The van der Waals surface area contributed by atoms with Crippen molar-refractivity contribution in [1.82, 2.24) is 9.55 Å². The van der Waals surface area contributed by atoms with Gasteiger partial charge in [-0.05, 0) is 24.1 Å². The van der Waals surface area contributed by atoms with Crippen LogP contribution in [0.5, 0.6) is 0 Å². The quantitative estimate of drug-likeness (QED) is 0.406. The van der Waals surface area contributed by atoms with Crippen LogP contribution in [0.15, 0.2) is 67.0 Å². The number of halogens is 1. The van der Waals surface area contributed by atoms with E-state index in [4.69, 9.17) is 30.9 Å². The van der Waals surface area contributed by atoms with Crippen LogP contribution in [0.4, 0.5) is 0 Å². The van der Waals surface area contributed by atoms with E-state index in [2.05, 4.69) is 4.98 Å². The average Bonchev–Trinajstić information content (AvgIpc) is 3.48. The Balaban J connectivity index is 1.38. The van der Waals surface area contributed by atoms with E-state index in [1.807, 2.05) is 65.4 Å². The Labute approximate surface area is 204 Å². The van der Waals surface area contributed by atoms with Crippen LogP contribution in [0.3, 0.4) is 0 Å². The number of nitrogens with zero attached hydrogens (tertiary/aromatic N) is 2. The van der Waals surface area contributed by atoms with Gasteiger partial charge in [-0.2, -0.15) is 0 Å². The van der Waals surface area contributed by atoms with Crippen LogP contribution in [0.25, 0.3) is 0 Å². The lowest BCUT2D eigenvalue weighted by atomic mass is 9.99. The van der Waals surface area contributed by atoms with Crippen LogP contribution in [-0.2, 0) is 39.6 Å². The summed E-state index contributed by atoms with van der Waals surface area (Å²) in [5.41, 5.74) is 2.04. The first-order valence-electron chi connectivity index (χ1n) is 11.6. The molecule has 182 valence electrons. The third kappa shape index (κ3) is 6.44. The highest BCUT2D eigenvalue weighted by atomic mass is 35.5. The van der Waals surface area contributed by atoms with Crippen molar-refractivity contribution in [1.29, 1.82) is 0 Å². The van der Waals surface area contributed by atoms with Crippen LogP contribution in [-0.4, -0.2) is 51.8 Å². The Kier molecular flexibility index (Phi) is 8.72. The number of rotatable bonds is 12. The molecule has 0 aliphatic carbocycles. The standard InChI is InChI=1S/C26H31ClN2O5/c27-22-10-8-21(9-11-22)26(12-4-7-25-28-13-14-29(25)15-23(31)16-30)33-19-24(34-26)18-32-17-20-5-2-1-3-6-20/h1-3,5-6,8-11,13-14,23-24,30-31H,4,7,12,15-19H2/t23?,24-,26-/m0/s1. The molecule has 1 saturated heterocycles. The predicted octanol–water partition coefficient (Wildman–Crippen LogP) is 3.70. The molecule has 1 unspecified atom stereocenters. The molecular weight excluding hydrogens is 456 g/mol. The summed E-state index contributed by atoms with van der Waals surface area (Å²) in [4.78, 5) is 4.41. The van der Waals surface area contributed by atoms with Gasteiger partial charge in [0.05, 0.1) is 39.1 Å². The van der Waals surface area contributed by atoms with Crippen molar-refractivity contribution in [3.63, 3.8) is 0 Å². The molecule has 3 aromatic rings. The molecule has 1 aliphatic rings. The van der Waals surface area contributed by atoms with Crippen molar-refractivity contribution in [2.45, 2.75) is 50.4 Å². The summed E-state index contributed by atoms with van der Waals surface area (Å²) in [6, 6.07) is 17.6. The third-order valence-electron chi connectivity index (χ3n) is 5.88. The number of aliphatic hydroxyl groups excluding tert-OH is 2. The molecule has 0 amide bonds. The van der Waals surface area contributed by atoms with E-state index < -0.39 is 11.9 Å². The number of aryl methyl sites for hydroxylation is 1. The largest absolute Gasteiger partial charge is 0.394 e. The first-order chi connectivity index (χ1) is 16.6. The minimum absolute atomic E-state index is 0.180. The molecule has 8 heteroatoms. The number of ether oxygens (including phenoxy) is 3. The van der Waals surface area contributed by atoms with E-state index in [-0.39, 0.29) is 12.7 Å².